The van der Waals surface area contributed by atoms with Crippen LogP contribution in [-0.4, -0.2) is 49.3 Å². The van der Waals surface area contributed by atoms with Crippen LogP contribution in [0.15, 0.2) is 0 Å². The van der Waals surface area contributed by atoms with Crippen LogP contribution in [-0.2, 0) is 4.74 Å². The van der Waals surface area contributed by atoms with Crippen molar-refractivity contribution in [3.63, 3.8) is 0 Å². The van der Waals surface area contributed by atoms with E-state index in [4.69, 9.17) is 4.74 Å². The second-order valence-corrected chi connectivity index (χ2v) is 7.13. The molecule has 1 aliphatic heterocycles. The SMILES string of the molecule is CCCNC1CCC(CCC)CC1N1CCCOC(C)C1. The number of hydrogen-bond donors (Lipinski definition) is 1. The molecule has 4 unspecified atom stereocenters. The van der Waals surface area contributed by atoms with Gasteiger partial charge in [0.2, 0.25) is 0 Å². The van der Waals surface area contributed by atoms with Crippen LogP contribution in [0.2, 0.25) is 0 Å². The van der Waals surface area contributed by atoms with E-state index >= 15 is 0 Å². The van der Waals surface area contributed by atoms with Crippen LogP contribution >= 0.6 is 0 Å². The lowest BCUT2D eigenvalue weighted by Gasteiger charge is -2.43. The Morgan fingerprint density at radius 1 is 1.19 bits per heavy atom. The quantitative estimate of drug-likeness (QED) is 0.812. The molecule has 2 rings (SSSR count). The maximum atomic E-state index is 5.85. The lowest BCUT2D eigenvalue weighted by Crippen LogP contribution is -2.54. The van der Waals surface area contributed by atoms with Crippen LogP contribution in [0.1, 0.15) is 65.7 Å². The van der Waals surface area contributed by atoms with E-state index in [9.17, 15) is 0 Å². The molecule has 1 saturated heterocycles. The maximum Gasteiger partial charge on any atom is 0.0674 e. The minimum absolute atomic E-state index is 0.394. The van der Waals surface area contributed by atoms with Gasteiger partial charge in [0.1, 0.15) is 0 Å². The van der Waals surface area contributed by atoms with E-state index in [1.54, 1.807) is 0 Å². The summed E-state index contributed by atoms with van der Waals surface area (Å²) in [5.74, 6) is 0.944. The predicted octanol–water partition coefficient (Wildman–Crippen LogP) is 3.43. The Balaban J connectivity index is 1.99. The second kappa shape index (κ2) is 9.12. The lowest BCUT2D eigenvalue weighted by atomic mass is 9.79. The van der Waals surface area contributed by atoms with Gasteiger partial charge in [0.05, 0.1) is 6.10 Å². The van der Waals surface area contributed by atoms with Gasteiger partial charge in [0, 0.05) is 31.8 Å². The average Bonchev–Trinajstić information content (AvgIpc) is 2.70. The fraction of sp³-hybridized carbons (Fsp3) is 1.00. The molecule has 3 nitrogen and oxygen atoms in total. The summed E-state index contributed by atoms with van der Waals surface area (Å²) in [6, 6.07) is 1.43. The zero-order valence-electron chi connectivity index (χ0n) is 14.4. The third-order valence-electron chi connectivity index (χ3n) is 5.23. The summed E-state index contributed by atoms with van der Waals surface area (Å²) in [5, 5.41) is 3.83. The van der Waals surface area contributed by atoms with Crippen LogP contribution in [0.5, 0.6) is 0 Å². The molecule has 0 aromatic carbocycles. The van der Waals surface area contributed by atoms with Crippen molar-refractivity contribution in [3.05, 3.63) is 0 Å². The first-order chi connectivity index (χ1) is 10.2. The van der Waals surface area contributed by atoms with Crippen LogP contribution < -0.4 is 5.32 Å². The Hall–Kier alpha value is -0.120. The molecule has 0 bridgehead atoms. The third-order valence-corrected chi connectivity index (χ3v) is 5.23. The molecule has 1 heterocycles. The summed E-state index contributed by atoms with van der Waals surface area (Å²) in [5.41, 5.74) is 0. The first-order valence-corrected chi connectivity index (χ1v) is 9.33. The number of ether oxygens (including phenoxy) is 1. The Morgan fingerprint density at radius 2 is 2.05 bits per heavy atom. The van der Waals surface area contributed by atoms with E-state index < -0.39 is 0 Å². The van der Waals surface area contributed by atoms with E-state index in [-0.39, 0.29) is 0 Å². The highest BCUT2D eigenvalue weighted by atomic mass is 16.5. The van der Waals surface area contributed by atoms with Crippen molar-refractivity contribution in [3.8, 4) is 0 Å². The highest BCUT2D eigenvalue weighted by Gasteiger charge is 2.34. The van der Waals surface area contributed by atoms with E-state index in [1.807, 2.05) is 0 Å². The van der Waals surface area contributed by atoms with E-state index in [1.165, 1.54) is 58.0 Å². The molecular formula is C18H36N2O. The summed E-state index contributed by atoms with van der Waals surface area (Å²) in [6.07, 6.45) is 9.75. The Kier molecular flexibility index (Phi) is 7.48. The van der Waals surface area contributed by atoms with Crippen molar-refractivity contribution in [2.45, 2.75) is 83.9 Å². The van der Waals surface area contributed by atoms with Gasteiger partial charge in [-0.2, -0.15) is 0 Å². The second-order valence-electron chi connectivity index (χ2n) is 7.13. The van der Waals surface area contributed by atoms with Gasteiger partial charge in [0.15, 0.2) is 0 Å². The third kappa shape index (κ3) is 5.22. The summed E-state index contributed by atoms with van der Waals surface area (Å²) in [6.45, 7) is 11.3. The van der Waals surface area contributed by atoms with Crippen LogP contribution in [0, 0.1) is 5.92 Å². The van der Waals surface area contributed by atoms with Crippen molar-refractivity contribution in [2.24, 2.45) is 5.92 Å². The largest absolute Gasteiger partial charge is 0.377 e. The van der Waals surface area contributed by atoms with Gasteiger partial charge in [0.25, 0.3) is 0 Å². The zero-order valence-corrected chi connectivity index (χ0v) is 14.4. The van der Waals surface area contributed by atoms with Gasteiger partial charge in [-0.15, -0.1) is 0 Å². The maximum absolute atomic E-state index is 5.85. The molecule has 0 aromatic heterocycles. The van der Waals surface area contributed by atoms with E-state index in [0.29, 0.717) is 12.1 Å². The van der Waals surface area contributed by atoms with Crippen LogP contribution in [0.25, 0.3) is 0 Å². The van der Waals surface area contributed by atoms with Gasteiger partial charge < -0.3 is 10.1 Å². The fourth-order valence-corrected chi connectivity index (χ4v) is 4.20. The molecule has 1 saturated carbocycles. The van der Waals surface area contributed by atoms with Gasteiger partial charge in [-0.05, 0) is 51.5 Å². The smallest absolute Gasteiger partial charge is 0.0674 e. The summed E-state index contributed by atoms with van der Waals surface area (Å²) in [7, 11) is 0. The average molecular weight is 296 g/mol. The van der Waals surface area contributed by atoms with E-state index in [0.717, 1.165) is 25.1 Å². The standard InChI is InChI=1S/C18H36N2O/c1-4-7-16-8-9-17(19-10-5-2)18(13-16)20-11-6-12-21-15(3)14-20/h15-19H,4-14H2,1-3H3. The van der Waals surface area contributed by atoms with Gasteiger partial charge >= 0.3 is 0 Å². The van der Waals surface area contributed by atoms with Crippen molar-refractivity contribution in [1.29, 1.82) is 0 Å². The Labute approximate surface area is 131 Å². The van der Waals surface area contributed by atoms with Gasteiger partial charge in [-0.3, -0.25) is 4.90 Å². The fourth-order valence-electron chi connectivity index (χ4n) is 4.20. The summed E-state index contributed by atoms with van der Waals surface area (Å²) >= 11 is 0. The minimum atomic E-state index is 0.394. The number of nitrogens with zero attached hydrogens (tertiary/aromatic N) is 1. The van der Waals surface area contributed by atoms with Gasteiger partial charge in [-0.25, -0.2) is 0 Å². The highest BCUT2D eigenvalue weighted by Crippen LogP contribution is 2.32. The first kappa shape index (κ1) is 17.2. The van der Waals surface area contributed by atoms with Crippen LogP contribution in [0.4, 0.5) is 0 Å². The number of rotatable bonds is 6. The summed E-state index contributed by atoms with van der Waals surface area (Å²) < 4.78 is 5.85. The van der Waals surface area contributed by atoms with Crippen molar-refractivity contribution < 1.29 is 4.74 Å². The molecule has 3 heteroatoms. The Bertz CT molecular complexity index is 284. The molecule has 2 fully saturated rings. The molecule has 4 atom stereocenters. The van der Waals surface area contributed by atoms with Crippen molar-refractivity contribution >= 4 is 0 Å². The van der Waals surface area contributed by atoms with E-state index in [2.05, 4.69) is 31.0 Å². The molecule has 0 amide bonds. The first-order valence-electron chi connectivity index (χ1n) is 9.33. The normalized spacial score (nSPS) is 35.6. The molecule has 1 N–H and O–H groups in total. The molecule has 21 heavy (non-hydrogen) atoms. The zero-order chi connectivity index (χ0) is 15.1. The van der Waals surface area contributed by atoms with Crippen molar-refractivity contribution in [1.82, 2.24) is 10.2 Å². The topological polar surface area (TPSA) is 24.5 Å². The molecule has 0 aromatic rings. The predicted molar refractivity (Wildman–Crippen MR) is 89.7 cm³/mol. The monoisotopic (exact) mass is 296 g/mol. The minimum Gasteiger partial charge on any atom is -0.377 e. The number of hydrogen-bond acceptors (Lipinski definition) is 3. The molecule has 124 valence electrons. The molecule has 0 spiro atoms. The molecule has 2 aliphatic rings. The Morgan fingerprint density at radius 3 is 2.81 bits per heavy atom. The molecular weight excluding hydrogens is 260 g/mol. The molecule has 0 radical (unpaired) electrons. The lowest BCUT2D eigenvalue weighted by molar-refractivity contribution is 0.0433. The van der Waals surface area contributed by atoms with Crippen molar-refractivity contribution in [2.75, 3.05) is 26.2 Å². The van der Waals surface area contributed by atoms with Gasteiger partial charge in [-0.1, -0.05) is 26.7 Å². The molecule has 1 aliphatic carbocycles. The highest BCUT2D eigenvalue weighted by molar-refractivity contribution is 4.92. The summed E-state index contributed by atoms with van der Waals surface area (Å²) in [4.78, 5) is 2.74. The van der Waals surface area contributed by atoms with Crippen LogP contribution in [0.3, 0.4) is 0 Å². The number of nitrogens with one attached hydrogen (secondary N) is 1.